The number of hydrogen-bond acceptors (Lipinski definition) is 2. The molecule has 1 atom stereocenters. The van der Waals surface area contributed by atoms with Gasteiger partial charge in [0.25, 0.3) is 0 Å². The number of nitrogens with two attached hydrogens (primary N) is 1. The van der Waals surface area contributed by atoms with Gasteiger partial charge in [0.05, 0.1) is 5.69 Å². The van der Waals surface area contributed by atoms with Crippen LogP contribution in [0.2, 0.25) is 0 Å². The van der Waals surface area contributed by atoms with Crippen LogP contribution in [0.1, 0.15) is 32.8 Å². The van der Waals surface area contributed by atoms with E-state index in [9.17, 15) is 4.39 Å². The summed E-state index contributed by atoms with van der Waals surface area (Å²) in [5, 5.41) is 0. The summed E-state index contributed by atoms with van der Waals surface area (Å²) in [5.74, 6) is 0.479. The van der Waals surface area contributed by atoms with E-state index in [0.29, 0.717) is 18.0 Å². The van der Waals surface area contributed by atoms with Gasteiger partial charge in [-0.15, -0.1) is 0 Å². The summed E-state index contributed by atoms with van der Waals surface area (Å²) in [7, 11) is 1.94. The molecule has 102 valence electrons. The highest BCUT2D eigenvalue weighted by atomic mass is 19.1. The number of nitrogens with zero attached hydrogens (tertiary/aromatic N) is 1. The van der Waals surface area contributed by atoms with E-state index in [-0.39, 0.29) is 11.9 Å². The number of benzene rings is 1. The second kappa shape index (κ2) is 6.74. The van der Waals surface area contributed by atoms with Crippen molar-refractivity contribution in [3.8, 4) is 0 Å². The quantitative estimate of drug-likeness (QED) is 0.842. The van der Waals surface area contributed by atoms with E-state index in [0.717, 1.165) is 18.5 Å². The van der Waals surface area contributed by atoms with Crippen LogP contribution < -0.4 is 10.6 Å². The summed E-state index contributed by atoms with van der Waals surface area (Å²) in [6.45, 7) is 7.16. The van der Waals surface area contributed by atoms with E-state index in [1.54, 1.807) is 6.07 Å². The van der Waals surface area contributed by atoms with Gasteiger partial charge in [0.1, 0.15) is 5.82 Å². The van der Waals surface area contributed by atoms with Gasteiger partial charge in [-0.05, 0) is 43.4 Å². The molecule has 0 heterocycles. The van der Waals surface area contributed by atoms with Gasteiger partial charge in [0, 0.05) is 19.6 Å². The van der Waals surface area contributed by atoms with Gasteiger partial charge in [-0.1, -0.05) is 19.9 Å². The van der Waals surface area contributed by atoms with E-state index in [1.165, 1.54) is 0 Å². The van der Waals surface area contributed by atoms with E-state index in [2.05, 4.69) is 13.8 Å². The van der Waals surface area contributed by atoms with Crippen molar-refractivity contribution in [2.24, 2.45) is 11.7 Å². The van der Waals surface area contributed by atoms with Crippen LogP contribution in [0, 0.1) is 11.7 Å². The average Bonchev–Trinajstić information content (AvgIpc) is 2.25. The van der Waals surface area contributed by atoms with Crippen LogP contribution in [0.25, 0.3) is 0 Å². The Balaban J connectivity index is 2.72. The summed E-state index contributed by atoms with van der Waals surface area (Å²) in [6.07, 6.45) is 1.78. The van der Waals surface area contributed by atoms with Gasteiger partial charge in [0.15, 0.2) is 0 Å². The average molecular weight is 252 g/mol. The molecule has 3 heteroatoms. The molecule has 0 saturated heterocycles. The second-order valence-electron chi connectivity index (χ2n) is 5.57. The monoisotopic (exact) mass is 252 g/mol. The SMILES string of the molecule is CC(C)CCN(C)c1ccc(CC(C)N)cc1F. The number of halogens is 1. The molecule has 0 aromatic heterocycles. The molecule has 0 spiro atoms. The fourth-order valence-corrected chi connectivity index (χ4v) is 1.93. The highest BCUT2D eigenvalue weighted by Gasteiger charge is 2.09. The van der Waals surface area contributed by atoms with Crippen molar-refractivity contribution in [2.45, 2.75) is 39.7 Å². The predicted octanol–water partition coefficient (Wildman–Crippen LogP) is 3.20. The lowest BCUT2D eigenvalue weighted by molar-refractivity contribution is 0.574. The minimum absolute atomic E-state index is 0.0638. The van der Waals surface area contributed by atoms with Crippen LogP contribution in [-0.2, 0) is 6.42 Å². The third-order valence-electron chi connectivity index (χ3n) is 3.02. The Bertz CT molecular complexity index is 375. The lowest BCUT2D eigenvalue weighted by atomic mass is 10.1. The molecule has 18 heavy (non-hydrogen) atoms. The molecule has 0 fully saturated rings. The Hall–Kier alpha value is -1.09. The predicted molar refractivity (Wildman–Crippen MR) is 76.5 cm³/mol. The van der Waals surface area contributed by atoms with Gasteiger partial charge in [0.2, 0.25) is 0 Å². The lowest BCUT2D eigenvalue weighted by Gasteiger charge is -2.21. The molecule has 1 aromatic rings. The third-order valence-corrected chi connectivity index (χ3v) is 3.02. The zero-order chi connectivity index (χ0) is 13.7. The molecule has 0 aliphatic carbocycles. The van der Waals surface area contributed by atoms with Crippen molar-refractivity contribution in [1.82, 2.24) is 0 Å². The van der Waals surface area contributed by atoms with E-state index in [1.807, 2.05) is 31.0 Å². The first-order valence-electron chi connectivity index (χ1n) is 6.65. The van der Waals surface area contributed by atoms with Gasteiger partial charge in [-0.25, -0.2) is 4.39 Å². The van der Waals surface area contributed by atoms with Crippen LogP contribution in [0.15, 0.2) is 18.2 Å². The summed E-state index contributed by atoms with van der Waals surface area (Å²) in [5.41, 5.74) is 7.35. The fourth-order valence-electron chi connectivity index (χ4n) is 1.93. The topological polar surface area (TPSA) is 29.3 Å². The maximum atomic E-state index is 14.0. The van der Waals surface area contributed by atoms with Crippen molar-refractivity contribution in [2.75, 3.05) is 18.5 Å². The molecule has 0 radical (unpaired) electrons. The maximum absolute atomic E-state index is 14.0. The molecule has 0 aliphatic heterocycles. The standard InChI is InChI=1S/C15H25FN2/c1-11(2)7-8-18(4)15-6-5-13(9-12(3)17)10-14(15)16/h5-6,10-12H,7-9,17H2,1-4H3. The maximum Gasteiger partial charge on any atom is 0.146 e. The van der Waals surface area contributed by atoms with E-state index >= 15 is 0 Å². The number of hydrogen-bond donors (Lipinski definition) is 1. The van der Waals surface area contributed by atoms with Crippen LogP contribution >= 0.6 is 0 Å². The number of anilines is 1. The molecule has 1 rings (SSSR count). The first kappa shape index (κ1) is 15.0. The lowest BCUT2D eigenvalue weighted by Crippen LogP contribution is -2.21. The van der Waals surface area contributed by atoms with E-state index in [4.69, 9.17) is 5.73 Å². The molecule has 1 unspecified atom stereocenters. The highest BCUT2D eigenvalue weighted by Crippen LogP contribution is 2.20. The molecule has 0 aliphatic rings. The molecule has 2 nitrogen and oxygen atoms in total. The normalized spacial score (nSPS) is 12.8. The number of rotatable bonds is 6. The summed E-state index contributed by atoms with van der Waals surface area (Å²) in [4.78, 5) is 1.98. The molecule has 2 N–H and O–H groups in total. The van der Waals surface area contributed by atoms with Crippen molar-refractivity contribution < 1.29 is 4.39 Å². The Morgan fingerprint density at radius 1 is 1.28 bits per heavy atom. The van der Waals surface area contributed by atoms with E-state index < -0.39 is 0 Å². The smallest absolute Gasteiger partial charge is 0.146 e. The molecule has 1 aromatic carbocycles. The largest absolute Gasteiger partial charge is 0.372 e. The first-order chi connectivity index (χ1) is 8.40. The second-order valence-corrected chi connectivity index (χ2v) is 5.57. The van der Waals surface area contributed by atoms with Crippen LogP contribution in [0.5, 0.6) is 0 Å². The summed E-state index contributed by atoms with van der Waals surface area (Å²) in [6, 6.07) is 5.49. The zero-order valence-corrected chi connectivity index (χ0v) is 11.9. The minimum atomic E-state index is -0.153. The zero-order valence-electron chi connectivity index (χ0n) is 11.9. The van der Waals surface area contributed by atoms with Gasteiger partial charge < -0.3 is 10.6 Å². The van der Waals surface area contributed by atoms with Crippen LogP contribution in [-0.4, -0.2) is 19.6 Å². The van der Waals surface area contributed by atoms with Gasteiger partial charge >= 0.3 is 0 Å². The minimum Gasteiger partial charge on any atom is -0.372 e. The molecular formula is C15H25FN2. The highest BCUT2D eigenvalue weighted by molar-refractivity contribution is 5.48. The Labute approximate surface area is 110 Å². The molecule has 0 bridgehead atoms. The molecular weight excluding hydrogens is 227 g/mol. The molecule has 0 amide bonds. The fraction of sp³-hybridized carbons (Fsp3) is 0.600. The van der Waals surface area contributed by atoms with Gasteiger partial charge in [-0.3, -0.25) is 0 Å². The van der Waals surface area contributed by atoms with Crippen molar-refractivity contribution in [3.05, 3.63) is 29.6 Å². The van der Waals surface area contributed by atoms with Crippen molar-refractivity contribution >= 4 is 5.69 Å². The van der Waals surface area contributed by atoms with Crippen molar-refractivity contribution in [1.29, 1.82) is 0 Å². The molecule has 0 saturated carbocycles. The Kier molecular flexibility index (Phi) is 5.60. The summed E-state index contributed by atoms with van der Waals surface area (Å²) >= 11 is 0. The van der Waals surface area contributed by atoms with Crippen LogP contribution in [0.3, 0.4) is 0 Å². The van der Waals surface area contributed by atoms with Crippen LogP contribution in [0.4, 0.5) is 10.1 Å². The Morgan fingerprint density at radius 3 is 2.44 bits per heavy atom. The van der Waals surface area contributed by atoms with Crippen molar-refractivity contribution in [3.63, 3.8) is 0 Å². The first-order valence-corrected chi connectivity index (χ1v) is 6.65. The Morgan fingerprint density at radius 2 is 1.94 bits per heavy atom. The third kappa shape index (κ3) is 4.65. The van der Waals surface area contributed by atoms with Gasteiger partial charge in [-0.2, -0.15) is 0 Å². The summed E-state index contributed by atoms with van der Waals surface area (Å²) < 4.78 is 14.0.